The molecule has 0 aliphatic carbocycles. The lowest BCUT2D eigenvalue weighted by molar-refractivity contribution is 0.116. The van der Waals surface area contributed by atoms with E-state index in [0.29, 0.717) is 5.41 Å². The highest BCUT2D eigenvalue weighted by atomic mass is 16.5. The molecule has 2 atom stereocenters. The van der Waals surface area contributed by atoms with Gasteiger partial charge in [0.1, 0.15) is 0 Å². The van der Waals surface area contributed by atoms with Gasteiger partial charge in [-0.15, -0.1) is 0 Å². The molecule has 0 bridgehead atoms. The Bertz CT molecular complexity index is 161. The lowest BCUT2D eigenvalue weighted by atomic mass is 9.73. The monoisotopic (exact) mass is 229 g/mol. The molecular weight excluding hydrogens is 198 g/mol. The Kier molecular flexibility index (Phi) is 8.96. The second-order valence-electron chi connectivity index (χ2n) is 5.26. The van der Waals surface area contributed by atoms with Crippen LogP contribution in [0.3, 0.4) is 0 Å². The molecule has 0 spiro atoms. The summed E-state index contributed by atoms with van der Waals surface area (Å²) in [6.07, 6.45) is 4.95. The zero-order valence-electron chi connectivity index (χ0n) is 11.9. The third kappa shape index (κ3) is 5.86. The largest absolute Gasteiger partial charge is 0.385 e. The van der Waals surface area contributed by atoms with Crippen LogP contribution in [0.1, 0.15) is 53.4 Å². The molecule has 0 saturated carbocycles. The van der Waals surface area contributed by atoms with Crippen molar-refractivity contribution in [3.63, 3.8) is 0 Å². The Morgan fingerprint density at radius 1 is 1.25 bits per heavy atom. The van der Waals surface area contributed by atoms with Crippen LogP contribution in [-0.2, 0) is 4.74 Å². The van der Waals surface area contributed by atoms with Crippen molar-refractivity contribution in [1.82, 2.24) is 5.32 Å². The average Bonchev–Trinajstić information content (AvgIpc) is 2.26. The van der Waals surface area contributed by atoms with Crippen molar-refractivity contribution in [2.24, 2.45) is 11.3 Å². The Labute approximate surface area is 102 Å². The van der Waals surface area contributed by atoms with Gasteiger partial charge in [-0.25, -0.2) is 0 Å². The molecular formula is C14H31NO. The van der Waals surface area contributed by atoms with E-state index in [4.69, 9.17) is 4.74 Å². The Morgan fingerprint density at radius 3 is 2.44 bits per heavy atom. The van der Waals surface area contributed by atoms with Crippen LogP contribution in [-0.4, -0.2) is 26.8 Å². The quantitative estimate of drug-likeness (QED) is 0.579. The van der Waals surface area contributed by atoms with Crippen LogP contribution in [0.5, 0.6) is 0 Å². The van der Waals surface area contributed by atoms with Crippen molar-refractivity contribution in [3.05, 3.63) is 0 Å². The van der Waals surface area contributed by atoms with Crippen LogP contribution < -0.4 is 5.32 Å². The first-order valence-electron chi connectivity index (χ1n) is 6.80. The number of hydrogen-bond donors (Lipinski definition) is 1. The molecule has 0 aromatic rings. The maximum atomic E-state index is 5.19. The average molecular weight is 229 g/mol. The SMILES string of the molecule is CCCNCC(C)(CCC)C(C)CCOC. The first-order chi connectivity index (χ1) is 7.60. The number of nitrogens with one attached hydrogen (secondary N) is 1. The van der Waals surface area contributed by atoms with Crippen molar-refractivity contribution < 1.29 is 4.74 Å². The molecule has 0 rings (SSSR count). The third-order valence-corrected chi connectivity index (χ3v) is 3.72. The lowest BCUT2D eigenvalue weighted by Crippen LogP contribution is -2.37. The molecule has 16 heavy (non-hydrogen) atoms. The summed E-state index contributed by atoms with van der Waals surface area (Å²) < 4.78 is 5.19. The molecule has 2 heteroatoms. The van der Waals surface area contributed by atoms with Crippen LogP contribution in [0.4, 0.5) is 0 Å². The Hall–Kier alpha value is -0.0800. The van der Waals surface area contributed by atoms with E-state index in [9.17, 15) is 0 Å². The summed E-state index contributed by atoms with van der Waals surface area (Å²) in [7, 11) is 1.79. The zero-order valence-corrected chi connectivity index (χ0v) is 11.9. The molecule has 0 aliphatic heterocycles. The standard InChI is InChI=1S/C14H31NO/c1-6-9-14(4,12-15-10-7-2)13(3)8-11-16-5/h13,15H,6-12H2,1-5H3. The second-order valence-corrected chi connectivity index (χ2v) is 5.26. The Balaban J connectivity index is 4.17. The topological polar surface area (TPSA) is 21.3 Å². The van der Waals surface area contributed by atoms with Gasteiger partial charge >= 0.3 is 0 Å². The fourth-order valence-corrected chi connectivity index (χ4v) is 2.27. The number of rotatable bonds is 10. The van der Waals surface area contributed by atoms with Crippen LogP contribution in [0.15, 0.2) is 0 Å². The summed E-state index contributed by atoms with van der Waals surface area (Å²) in [5.74, 6) is 0.719. The summed E-state index contributed by atoms with van der Waals surface area (Å²) in [5.41, 5.74) is 0.419. The first-order valence-corrected chi connectivity index (χ1v) is 6.80. The van der Waals surface area contributed by atoms with E-state index in [1.165, 1.54) is 25.7 Å². The number of ether oxygens (including phenoxy) is 1. The molecule has 0 heterocycles. The van der Waals surface area contributed by atoms with Gasteiger partial charge in [0, 0.05) is 20.3 Å². The molecule has 2 unspecified atom stereocenters. The van der Waals surface area contributed by atoms with E-state index in [2.05, 4.69) is 33.0 Å². The molecule has 0 fully saturated rings. The minimum atomic E-state index is 0.419. The molecule has 0 aromatic heterocycles. The van der Waals surface area contributed by atoms with Crippen LogP contribution in [0, 0.1) is 11.3 Å². The van der Waals surface area contributed by atoms with Crippen molar-refractivity contribution in [2.45, 2.75) is 53.4 Å². The van der Waals surface area contributed by atoms with Gasteiger partial charge < -0.3 is 10.1 Å². The first kappa shape index (κ1) is 15.9. The highest BCUT2D eigenvalue weighted by Gasteiger charge is 2.29. The highest BCUT2D eigenvalue weighted by molar-refractivity contribution is 4.82. The molecule has 0 aliphatic rings. The van der Waals surface area contributed by atoms with Crippen molar-refractivity contribution in [1.29, 1.82) is 0 Å². The maximum Gasteiger partial charge on any atom is 0.0465 e. The van der Waals surface area contributed by atoms with Crippen molar-refractivity contribution in [2.75, 3.05) is 26.8 Å². The summed E-state index contributed by atoms with van der Waals surface area (Å²) in [4.78, 5) is 0. The molecule has 2 nitrogen and oxygen atoms in total. The van der Waals surface area contributed by atoms with E-state index in [0.717, 1.165) is 25.6 Å². The molecule has 98 valence electrons. The smallest absolute Gasteiger partial charge is 0.0465 e. The fraction of sp³-hybridized carbons (Fsp3) is 1.00. The summed E-state index contributed by atoms with van der Waals surface area (Å²) >= 11 is 0. The Morgan fingerprint density at radius 2 is 1.94 bits per heavy atom. The zero-order chi connectivity index (χ0) is 12.4. The number of methoxy groups -OCH3 is 1. The van der Waals surface area contributed by atoms with Crippen LogP contribution >= 0.6 is 0 Å². The summed E-state index contributed by atoms with van der Waals surface area (Å²) in [6.45, 7) is 12.4. The second kappa shape index (κ2) is 9.00. The third-order valence-electron chi connectivity index (χ3n) is 3.72. The van der Waals surface area contributed by atoms with Gasteiger partial charge in [-0.1, -0.05) is 34.1 Å². The molecule has 0 amide bonds. The van der Waals surface area contributed by atoms with E-state index in [-0.39, 0.29) is 0 Å². The van der Waals surface area contributed by atoms with Gasteiger partial charge in [0.2, 0.25) is 0 Å². The van der Waals surface area contributed by atoms with Crippen LogP contribution in [0.25, 0.3) is 0 Å². The highest BCUT2D eigenvalue weighted by Crippen LogP contribution is 2.34. The lowest BCUT2D eigenvalue weighted by Gasteiger charge is -2.36. The molecule has 0 saturated heterocycles. The molecule has 0 radical (unpaired) electrons. The normalized spacial score (nSPS) is 17.1. The minimum Gasteiger partial charge on any atom is -0.385 e. The molecule has 1 N–H and O–H groups in total. The summed E-state index contributed by atoms with van der Waals surface area (Å²) in [5, 5.41) is 3.58. The van der Waals surface area contributed by atoms with E-state index >= 15 is 0 Å². The van der Waals surface area contributed by atoms with Crippen molar-refractivity contribution in [3.8, 4) is 0 Å². The minimum absolute atomic E-state index is 0.419. The van der Waals surface area contributed by atoms with E-state index in [1.54, 1.807) is 7.11 Å². The van der Waals surface area contributed by atoms with E-state index in [1.807, 2.05) is 0 Å². The van der Waals surface area contributed by atoms with E-state index < -0.39 is 0 Å². The predicted molar refractivity (Wildman–Crippen MR) is 71.8 cm³/mol. The maximum absolute atomic E-state index is 5.19. The molecule has 0 aromatic carbocycles. The van der Waals surface area contributed by atoms with Crippen molar-refractivity contribution >= 4 is 0 Å². The summed E-state index contributed by atoms with van der Waals surface area (Å²) in [6, 6.07) is 0. The fourth-order valence-electron chi connectivity index (χ4n) is 2.27. The van der Waals surface area contributed by atoms with Crippen LogP contribution in [0.2, 0.25) is 0 Å². The number of hydrogen-bond acceptors (Lipinski definition) is 2. The van der Waals surface area contributed by atoms with Gasteiger partial charge in [-0.05, 0) is 37.1 Å². The van der Waals surface area contributed by atoms with Gasteiger partial charge in [0.15, 0.2) is 0 Å². The predicted octanol–water partition coefficient (Wildman–Crippen LogP) is 3.47. The van der Waals surface area contributed by atoms with Gasteiger partial charge in [-0.3, -0.25) is 0 Å². The van der Waals surface area contributed by atoms with Gasteiger partial charge in [-0.2, -0.15) is 0 Å². The van der Waals surface area contributed by atoms with Gasteiger partial charge in [0.25, 0.3) is 0 Å². The van der Waals surface area contributed by atoms with Gasteiger partial charge in [0.05, 0.1) is 0 Å².